The molecule has 1 unspecified atom stereocenters. The topological polar surface area (TPSA) is 12.0 Å². The molecule has 6 heteroatoms. The number of alkyl halides is 3. The Balaban J connectivity index is 2.45. The molecule has 0 radical (unpaired) electrons. The Hall–Kier alpha value is -0.750. The van der Waals surface area contributed by atoms with Crippen LogP contribution in [0.5, 0.6) is 0 Å². The van der Waals surface area contributed by atoms with E-state index in [2.05, 4.69) is 5.32 Å². The van der Waals surface area contributed by atoms with Crippen LogP contribution in [0, 0.1) is 5.82 Å². The fraction of sp³-hybridized carbons (Fsp3) is 0.538. The monoisotopic (exact) mass is 295 g/mol. The molecule has 0 fully saturated rings. The second kappa shape index (κ2) is 7.75. The number of hydrogen-bond donors (Lipinski definition) is 1. The van der Waals surface area contributed by atoms with E-state index in [0.717, 1.165) is 4.90 Å². The highest BCUT2D eigenvalue weighted by atomic mass is 32.2. The highest BCUT2D eigenvalue weighted by Gasteiger charge is 2.28. The van der Waals surface area contributed by atoms with Gasteiger partial charge in [-0.15, -0.1) is 11.8 Å². The van der Waals surface area contributed by atoms with Crippen molar-refractivity contribution in [2.45, 2.75) is 36.9 Å². The predicted octanol–water partition coefficient (Wildman–Crippen LogP) is 4.24. The first-order valence-corrected chi connectivity index (χ1v) is 7.08. The average molecular weight is 295 g/mol. The molecule has 0 aliphatic heterocycles. The van der Waals surface area contributed by atoms with Crippen molar-refractivity contribution in [3.63, 3.8) is 0 Å². The van der Waals surface area contributed by atoms with E-state index in [1.54, 1.807) is 12.1 Å². The van der Waals surface area contributed by atoms with Gasteiger partial charge in [-0.05, 0) is 31.2 Å². The van der Waals surface area contributed by atoms with E-state index in [1.165, 1.54) is 23.9 Å². The van der Waals surface area contributed by atoms with E-state index < -0.39 is 12.6 Å². The molecule has 1 atom stereocenters. The summed E-state index contributed by atoms with van der Waals surface area (Å²) < 4.78 is 49.5. The fourth-order valence-electron chi connectivity index (χ4n) is 1.62. The molecule has 1 aromatic rings. The van der Waals surface area contributed by atoms with E-state index in [4.69, 9.17) is 0 Å². The van der Waals surface area contributed by atoms with Crippen LogP contribution in [0.4, 0.5) is 17.6 Å². The lowest BCUT2D eigenvalue weighted by molar-refractivity contribution is -0.136. The molecule has 1 N–H and O–H groups in total. The normalized spacial score (nSPS) is 13.5. The second-order valence-corrected chi connectivity index (χ2v) is 5.27. The molecule has 0 aliphatic carbocycles. The summed E-state index contributed by atoms with van der Waals surface area (Å²) in [5.41, 5.74) is 0. The Morgan fingerprint density at radius 3 is 2.63 bits per heavy atom. The van der Waals surface area contributed by atoms with Crippen LogP contribution in [0.2, 0.25) is 0 Å². The number of nitrogens with one attached hydrogen (secondary N) is 1. The van der Waals surface area contributed by atoms with E-state index in [0.29, 0.717) is 12.3 Å². The number of halogens is 4. The summed E-state index contributed by atoms with van der Waals surface area (Å²) >= 11 is 1.36. The Bertz CT molecular complexity index is 381. The highest BCUT2D eigenvalue weighted by molar-refractivity contribution is 7.99. The van der Waals surface area contributed by atoms with Crippen LogP contribution in [0.1, 0.15) is 19.8 Å². The molecule has 108 valence electrons. The molecule has 0 saturated carbocycles. The molecule has 0 amide bonds. The van der Waals surface area contributed by atoms with Gasteiger partial charge in [0.25, 0.3) is 0 Å². The van der Waals surface area contributed by atoms with Crippen molar-refractivity contribution >= 4 is 11.8 Å². The number of benzene rings is 1. The van der Waals surface area contributed by atoms with Gasteiger partial charge >= 0.3 is 6.18 Å². The molecule has 0 saturated heterocycles. The van der Waals surface area contributed by atoms with Crippen LogP contribution in [0.25, 0.3) is 0 Å². The smallest absolute Gasteiger partial charge is 0.313 e. The largest absolute Gasteiger partial charge is 0.389 e. The van der Waals surface area contributed by atoms with Gasteiger partial charge in [-0.3, -0.25) is 0 Å². The van der Waals surface area contributed by atoms with Gasteiger partial charge < -0.3 is 5.32 Å². The summed E-state index contributed by atoms with van der Waals surface area (Å²) in [5, 5.41) is 3.03. The van der Waals surface area contributed by atoms with Crippen molar-refractivity contribution in [2.24, 2.45) is 0 Å². The van der Waals surface area contributed by atoms with E-state index in [9.17, 15) is 17.6 Å². The van der Waals surface area contributed by atoms with Crippen LogP contribution < -0.4 is 5.32 Å². The maximum Gasteiger partial charge on any atom is 0.389 e. The molecule has 1 nitrogen and oxygen atoms in total. The zero-order chi connectivity index (χ0) is 14.3. The summed E-state index contributed by atoms with van der Waals surface area (Å²) in [6, 6.07) is 5.85. The van der Waals surface area contributed by atoms with Gasteiger partial charge in [0.15, 0.2) is 0 Å². The third-order valence-electron chi connectivity index (χ3n) is 2.52. The minimum absolute atomic E-state index is 0.0413. The van der Waals surface area contributed by atoms with E-state index in [1.807, 2.05) is 6.92 Å². The van der Waals surface area contributed by atoms with Crippen molar-refractivity contribution in [1.29, 1.82) is 0 Å². The van der Waals surface area contributed by atoms with Gasteiger partial charge in [-0.1, -0.05) is 13.0 Å². The SMILES string of the molecule is CCNC(CCC(F)(F)F)CSc1cccc(F)c1. The first-order chi connectivity index (χ1) is 8.90. The maximum absolute atomic E-state index is 13.0. The number of hydrogen-bond acceptors (Lipinski definition) is 2. The van der Waals surface area contributed by atoms with Crippen molar-refractivity contribution in [1.82, 2.24) is 5.32 Å². The van der Waals surface area contributed by atoms with E-state index in [-0.39, 0.29) is 18.3 Å². The molecule has 19 heavy (non-hydrogen) atoms. The minimum atomic E-state index is -4.13. The third kappa shape index (κ3) is 7.42. The summed E-state index contributed by atoms with van der Waals surface area (Å²) in [7, 11) is 0. The Labute approximate surface area is 114 Å². The Morgan fingerprint density at radius 2 is 2.05 bits per heavy atom. The standard InChI is InChI=1S/C13H17F4NS/c1-2-18-11(6-7-13(15,16)17)9-19-12-5-3-4-10(14)8-12/h3-5,8,11,18H,2,6-7,9H2,1H3. The summed E-state index contributed by atoms with van der Waals surface area (Å²) in [5.74, 6) is 0.160. The summed E-state index contributed by atoms with van der Waals surface area (Å²) in [6.07, 6.45) is -4.88. The van der Waals surface area contributed by atoms with Gasteiger partial charge in [0, 0.05) is 23.1 Å². The van der Waals surface area contributed by atoms with Crippen molar-refractivity contribution < 1.29 is 17.6 Å². The lowest BCUT2D eigenvalue weighted by Gasteiger charge is -2.18. The van der Waals surface area contributed by atoms with Gasteiger partial charge in [-0.2, -0.15) is 13.2 Å². The molecule has 1 rings (SSSR count). The second-order valence-electron chi connectivity index (χ2n) is 4.18. The lowest BCUT2D eigenvalue weighted by Crippen LogP contribution is -2.32. The molecule has 0 aliphatic rings. The summed E-state index contributed by atoms with van der Waals surface area (Å²) in [6.45, 7) is 2.47. The predicted molar refractivity (Wildman–Crippen MR) is 69.9 cm³/mol. The van der Waals surface area contributed by atoms with E-state index >= 15 is 0 Å². The van der Waals surface area contributed by atoms with Crippen LogP contribution in [0.15, 0.2) is 29.2 Å². The average Bonchev–Trinajstić information content (AvgIpc) is 2.32. The summed E-state index contributed by atoms with van der Waals surface area (Å²) in [4.78, 5) is 0.731. The lowest BCUT2D eigenvalue weighted by atomic mass is 10.2. The molecular formula is C13H17F4NS. The van der Waals surface area contributed by atoms with Crippen LogP contribution in [-0.4, -0.2) is 24.5 Å². The third-order valence-corrected chi connectivity index (χ3v) is 3.67. The number of thioether (sulfide) groups is 1. The van der Waals surface area contributed by atoms with Gasteiger partial charge in [0.2, 0.25) is 0 Å². The quantitative estimate of drug-likeness (QED) is 0.596. The first kappa shape index (κ1) is 16.3. The van der Waals surface area contributed by atoms with Gasteiger partial charge in [0.1, 0.15) is 5.82 Å². The van der Waals surface area contributed by atoms with Crippen LogP contribution in [0.3, 0.4) is 0 Å². The zero-order valence-corrected chi connectivity index (χ0v) is 11.5. The van der Waals surface area contributed by atoms with Crippen LogP contribution in [-0.2, 0) is 0 Å². The fourth-order valence-corrected chi connectivity index (χ4v) is 2.67. The van der Waals surface area contributed by atoms with Gasteiger partial charge in [0.05, 0.1) is 0 Å². The molecule has 0 aromatic heterocycles. The molecule has 0 heterocycles. The van der Waals surface area contributed by atoms with Crippen LogP contribution >= 0.6 is 11.8 Å². The number of rotatable bonds is 7. The molecule has 0 bridgehead atoms. The van der Waals surface area contributed by atoms with Crippen molar-refractivity contribution in [3.05, 3.63) is 30.1 Å². The van der Waals surface area contributed by atoms with Crippen molar-refractivity contribution in [2.75, 3.05) is 12.3 Å². The Morgan fingerprint density at radius 1 is 1.32 bits per heavy atom. The molecule has 1 aromatic carbocycles. The zero-order valence-electron chi connectivity index (χ0n) is 10.6. The minimum Gasteiger partial charge on any atom is -0.313 e. The van der Waals surface area contributed by atoms with Crippen molar-refractivity contribution in [3.8, 4) is 0 Å². The molecular weight excluding hydrogens is 278 g/mol. The first-order valence-electron chi connectivity index (χ1n) is 6.09. The highest BCUT2D eigenvalue weighted by Crippen LogP contribution is 2.25. The van der Waals surface area contributed by atoms with Gasteiger partial charge in [-0.25, -0.2) is 4.39 Å². The Kier molecular flexibility index (Phi) is 6.65. The molecule has 0 spiro atoms. The maximum atomic E-state index is 13.0.